The molecule has 1 aromatic heterocycles. The van der Waals surface area contributed by atoms with E-state index in [2.05, 4.69) is 43.6 Å². The van der Waals surface area contributed by atoms with Crippen LogP contribution in [0.1, 0.15) is 0 Å². The second kappa shape index (κ2) is 6.07. The first kappa shape index (κ1) is 12.4. The lowest BCUT2D eigenvalue weighted by molar-refractivity contribution is 0.788. The summed E-state index contributed by atoms with van der Waals surface area (Å²) in [5.41, 5.74) is 1.12. The maximum Gasteiger partial charge on any atom is 0.190 e. The highest BCUT2D eigenvalue weighted by molar-refractivity contribution is 9.10. The van der Waals surface area contributed by atoms with Crippen molar-refractivity contribution in [2.24, 2.45) is 7.05 Å². The molecular formula is C11H13BrN4S. The van der Waals surface area contributed by atoms with Gasteiger partial charge in [-0.3, -0.25) is 0 Å². The van der Waals surface area contributed by atoms with E-state index in [0.29, 0.717) is 0 Å². The zero-order chi connectivity index (χ0) is 12.1. The molecule has 0 unspecified atom stereocenters. The maximum absolute atomic E-state index is 4.02. The predicted octanol–water partition coefficient (Wildman–Crippen LogP) is 2.78. The molecule has 0 amide bonds. The van der Waals surface area contributed by atoms with Crippen LogP contribution in [-0.4, -0.2) is 27.1 Å². The van der Waals surface area contributed by atoms with E-state index < -0.39 is 0 Å². The normalized spacial score (nSPS) is 10.5. The Labute approximate surface area is 113 Å². The van der Waals surface area contributed by atoms with Crippen molar-refractivity contribution in [3.63, 3.8) is 0 Å². The summed E-state index contributed by atoms with van der Waals surface area (Å²) in [5.74, 6) is 0.957. The van der Waals surface area contributed by atoms with Gasteiger partial charge in [0.15, 0.2) is 5.16 Å². The van der Waals surface area contributed by atoms with Crippen LogP contribution in [0.25, 0.3) is 0 Å². The summed E-state index contributed by atoms with van der Waals surface area (Å²) in [6.45, 7) is 0.897. The average molecular weight is 313 g/mol. The summed E-state index contributed by atoms with van der Waals surface area (Å²) in [6.07, 6.45) is 1.71. The molecule has 4 nitrogen and oxygen atoms in total. The fourth-order valence-electron chi connectivity index (χ4n) is 1.34. The molecule has 2 aromatic rings. The summed E-state index contributed by atoms with van der Waals surface area (Å²) in [4.78, 5) is 0. The molecule has 1 heterocycles. The number of hydrogen-bond acceptors (Lipinski definition) is 4. The highest BCUT2D eigenvalue weighted by Gasteiger charge is 2.00. The van der Waals surface area contributed by atoms with Crippen molar-refractivity contribution in [3.8, 4) is 0 Å². The lowest BCUT2D eigenvalue weighted by Crippen LogP contribution is -2.04. The van der Waals surface area contributed by atoms with Gasteiger partial charge in [0.2, 0.25) is 0 Å². The molecule has 0 saturated heterocycles. The van der Waals surface area contributed by atoms with E-state index in [1.807, 2.05) is 23.7 Å². The van der Waals surface area contributed by atoms with E-state index in [1.54, 1.807) is 18.1 Å². The highest BCUT2D eigenvalue weighted by Crippen LogP contribution is 2.16. The number of aromatic nitrogens is 3. The van der Waals surface area contributed by atoms with Crippen LogP contribution in [0.3, 0.4) is 0 Å². The van der Waals surface area contributed by atoms with Crippen LogP contribution in [0.5, 0.6) is 0 Å². The molecule has 0 radical (unpaired) electrons. The average Bonchev–Trinajstić information content (AvgIpc) is 2.71. The van der Waals surface area contributed by atoms with Crippen molar-refractivity contribution in [1.29, 1.82) is 0 Å². The zero-order valence-electron chi connectivity index (χ0n) is 9.43. The molecule has 1 aromatic carbocycles. The van der Waals surface area contributed by atoms with E-state index in [-0.39, 0.29) is 0 Å². The fourth-order valence-corrected chi connectivity index (χ4v) is 2.48. The fraction of sp³-hybridized carbons (Fsp3) is 0.273. The van der Waals surface area contributed by atoms with Crippen LogP contribution in [0.4, 0.5) is 5.69 Å². The van der Waals surface area contributed by atoms with Gasteiger partial charge in [0.1, 0.15) is 6.33 Å². The molecule has 0 atom stereocenters. The topological polar surface area (TPSA) is 42.7 Å². The van der Waals surface area contributed by atoms with Crippen molar-refractivity contribution < 1.29 is 0 Å². The molecule has 0 aliphatic heterocycles. The van der Waals surface area contributed by atoms with Gasteiger partial charge < -0.3 is 9.88 Å². The molecular weight excluding hydrogens is 300 g/mol. The van der Waals surface area contributed by atoms with Crippen molar-refractivity contribution in [2.75, 3.05) is 17.6 Å². The van der Waals surface area contributed by atoms with Gasteiger partial charge in [-0.15, -0.1) is 10.2 Å². The van der Waals surface area contributed by atoms with E-state index in [0.717, 1.165) is 27.6 Å². The number of anilines is 1. The second-order valence-corrected chi connectivity index (χ2v) is 5.49. The first-order valence-corrected chi connectivity index (χ1v) is 7.00. The number of halogens is 1. The Morgan fingerprint density at radius 2 is 2.35 bits per heavy atom. The van der Waals surface area contributed by atoms with Gasteiger partial charge in [-0.25, -0.2) is 0 Å². The predicted molar refractivity (Wildman–Crippen MR) is 74.4 cm³/mol. The van der Waals surface area contributed by atoms with Gasteiger partial charge in [0.05, 0.1) is 0 Å². The number of thioether (sulfide) groups is 1. The minimum Gasteiger partial charge on any atom is -0.384 e. The third-order valence-electron chi connectivity index (χ3n) is 2.16. The van der Waals surface area contributed by atoms with Gasteiger partial charge in [-0.05, 0) is 18.2 Å². The highest BCUT2D eigenvalue weighted by atomic mass is 79.9. The summed E-state index contributed by atoms with van der Waals surface area (Å²) < 4.78 is 3.01. The summed E-state index contributed by atoms with van der Waals surface area (Å²) in [7, 11) is 1.95. The van der Waals surface area contributed by atoms with Gasteiger partial charge in [-0.2, -0.15) is 0 Å². The molecule has 0 aliphatic carbocycles. The molecule has 0 fully saturated rings. The maximum atomic E-state index is 4.02. The molecule has 17 heavy (non-hydrogen) atoms. The van der Waals surface area contributed by atoms with Gasteiger partial charge in [0, 0.05) is 29.5 Å². The van der Waals surface area contributed by atoms with E-state index >= 15 is 0 Å². The quantitative estimate of drug-likeness (QED) is 0.681. The van der Waals surface area contributed by atoms with Crippen LogP contribution in [0.15, 0.2) is 40.2 Å². The van der Waals surface area contributed by atoms with E-state index in [9.17, 15) is 0 Å². The number of benzene rings is 1. The Kier molecular flexibility index (Phi) is 4.44. The minimum absolute atomic E-state index is 0.897. The summed E-state index contributed by atoms with van der Waals surface area (Å²) in [6, 6.07) is 8.15. The lowest BCUT2D eigenvalue weighted by Gasteiger charge is -2.06. The monoisotopic (exact) mass is 312 g/mol. The second-order valence-electron chi connectivity index (χ2n) is 3.51. The summed E-state index contributed by atoms with van der Waals surface area (Å²) >= 11 is 5.14. The number of rotatable bonds is 5. The Morgan fingerprint density at radius 3 is 3.06 bits per heavy atom. The third kappa shape index (κ3) is 3.74. The first-order valence-electron chi connectivity index (χ1n) is 5.22. The molecule has 1 N–H and O–H groups in total. The van der Waals surface area contributed by atoms with Crippen LogP contribution >= 0.6 is 27.7 Å². The SMILES string of the molecule is Cn1cnnc1SCCNc1cccc(Br)c1. The molecule has 0 bridgehead atoms. The van der Waals surface area contributed by atoms with Crippen LogP contribution in [0.2, 0.25) is 0 Å². The number of aryl methyl sites for hydroxylation is 1. The first-order chi connectivity index (χ1) is 8.25. The Bertz CT molecular complexity index is 486. The van der Waals surface area contributed by atoms with Crippen molar-refractivity contribution >= 4 is 33.4 Å². The molecule has 2 rings (SSSR count). The molecule has 6 heteroatoms. The van der Waals surface area contributed by atoms with Crippen molar-refractivity contribution in [2.45, 2.75) is 5.16 Å². The molecule has 0 aliphatic rings. The lowest BCUT2D eigenvalue weighted by atomic mass is 10.3. The third-order valence-corrected chi connectivity index (χ3v) is 3.69. The summed E-state index contributed by atoms with van der Waals surface area (Å²) in [5, 5.41) is 12.2. The van der Waals surface area contributed by atoms with Crippen molar-refractivity contribution in [3.05, 3.63) is 35.1 Å². The van der Waals surface area contributed by atoms with Crippen molar-refractivity contribution in [1.82, 2.24) is 14.8 Å². The van der Waals surface area contributed by atoms with Gasteiger partial charge >= 0.3 is 0 Å². The molecule has 90 valence electrons. The van der Waals surface area contributed by atoms with Crippen LogP contribution in [-0.2, 0) is 7.05 Å². The van der Waals surface area contributed by atoms with Gasteiger partial charge in [0.25, 0.3) is 0 Å². The number of nitrogens with one attached hydrogen (secondary N) is 1. The minimum atomic E-state index is 0.897. The Morgan fingerprint density at radius 1 is 1.47 bits per heavy atom. The van der Waals surface area contributed by atoms with E-state index in [1.165, 1.54) is 0 Å². The van der Waals surface area contributed by atoms with Crippen LogP contribution in [0, 0.1) is 0 Å². The smallest absolute Gasteiger partial charge is 0.190 e. The number of hydrogen-bond donors (Lipinski definition) is 1. The van der Waals surface area contributed by atoms with Crippen LogP contribution < -0.4 is 5.32 Å². The standard InChI is InChI=1S/C11H13BrN4S/c1-16-8-14-15-11(16)17-6-5-13-10-4-2-3-9(12)7-10/h2-4,7-8,13H,5-6H2,1H3. The van der Waals surface area contributed by atoms with E-state index in [4.69, 9.17) is 0 Å². The number of nitrogens with zero attached hydrogens (tertiary/aromatic N) is 3. The largest absolute Gasteiger partial charge is 0.384 e. The molecule has 0 saturated carbocycles. The van der Waals surface area contributed by atoms with Gasteiger partial charge in [-0.1, -0.05) is 33.8 Å². The Hall–Kier alpha value is -1.01. The Balaban J connectivity index is 1.75. The molecule has 0 spiro atoms. The zero-order valence-corrected chi connectivity index (χ0v) is 11.8.